The number of nitrogens with zero attached hydrogens (tertiary/aromatic N) is 1. The molecule has 0 saturated heterocycles. The van der Waals surface area contributed by atoms with Crippen molar-refractivity contribution in [2.75, 3.05) is 13.6 Å². The Morgan fingerprint density at radius 1 is 1.44 bits per heavy atom. The Balaban J connectivity index is 2.30. The van der Waals surface area contributed by atoms with Gasteiger partial charge in [-0.2, -0.15) is 0 Å². The van der Waals surface area contributed by atoms with Crippen LogP contribution in [0.4, 0.5) is 4.79 Å². The number of rotatable bonds is 4. The summed E-state index contributed by atoms with van der Waals surface area (Å²) in [6.07, 6.45) is 4.81. The molecule has 92 valence electrons. The Bertz CT molecular complexity index is 262. The molecule has 0 aromatic heterocycles. The summed E-state index contributed by atoms with van der Waals surface area (Å²) < 4.78 is 0. The van der Waals surface area contributed by atoms with E-state index in [1.54, 1.807) is 0 Å². The van der Waals surface area contributed by atoms with Crippen molar-refractivity contribution >= 4 is 12.0 Å². The van der Waals surface area contributed by atoms with Gasteiger partial charge in [0, 0.05) is 13.6 Å². The summed E-state index contributed by atoms with van der Waals surface area (Å²) >= 11 is 0. The van der Waals surface area contributed by atoms with Crippen molar-refractivity contribution in [1.82, 2.24) is 10.2 Å². The summed E-state index contributed by atoms with van der Waals surface area (Å²) in [6, 6.07) is -1.09. The number of carboxylic acids is 1. The molecule has 2 amide bonds. The van der Waals surface area contributed by atoms with E-state index in [1.807, 2.05) is 0 Å². The summed E-state index contributed by atoms with van der Waals surface area (Å²) in [5.41, 5.74) is 0. The largest absolute Gasteiger partial charge is 0.480 e. The first-order valence-electron chi connectivity index (χ1n) is 5.76. The molecule has 1 fully saturated rings. The van der Waals surface area contributed by atoms with Crippen molar-refractivity contribution in [3.8, 4) is 0 Å². The minimum absolute atomic E-state index is 0.304. The average molecular weight is 228 g/mol. The number of carboxylic acid groups (broad SMARTS) is 1. The first-order chi connectivity index (χ1) is 7.52. The number of likely N-dealkylation sites (N-methyl/N-ethyl adjacent to an activating group) is 1. The van der Waals surface area contributed by atoms with Gasteiger partial charge in [-0.15, -0.1) is 0 Å². The molecule has 0 radical (unpaired) electrons. The summed E-state index contributed by atoms with van der Waals surface area (Å²) in [7, 11) is 1.50. The van der Waals surface area contributed by atoms with E-state index < -0.39 is 12.0 Å². The third-order valence-corrected chi connectivity index (χ3v) is 3.28. The molecule has 1 rings (SSSR count). The Hall–Kier alpha value is -1.26. The lowest BCUT2D eigenvalue weighted by Crippen LogP contribution is -2.46. The zero-order chi connectivity index (χ0) is 12.1. The molecule has 1 unspecified atom stereocenters. The predicted molar refractivity (Wildman–Crippen MR) is 60.2 cm³/mol. The minimum Gasteiger partial charge on any atom is -0.480 e. The molecule has 16 heavy (non-hydrogen) atoms. The maximum atomic E-state index is 11.6. The lowest BCUT2D eigenvalue weighted by Gasteiger charge is -2.22. The van der Waals surface area contributed by atoms with Crippen LogP contribution in [0.5, 0.6) is 0 Å². The molecule has 1 atom stereocenters. The van der Waals surface area contributed by atoms with Crippen molar-refractivity contribution in [1.29, 1.82) is 0 Å². The van der Waals surface area contributed by atoms with E-state index in [0.717, 1.165) is 0 Å². The molecule has 1 aliphatic carbocycles. The normalized spacial score (nSPS) is 18.1. The minimum atomic E-state index is -0.987. The summed E-state index contributed by atoms with van der Waals surface area (Å²) in [6.45, 7) is 2.16. The van der Waals surface area contributed by atoms with E-state index in [0.29, 0.717) is 12.5 Å². The predicted octanol–water partition coefficient (Wildman–Crippen LogP) is 1.29. The quantitative estimate of drug-likeness (QED) is 0.761. The smallest absolute Gasteiger partial charge is 0.326 e. The second kappa shape index (κ2) is 5.72. The molecule has 0 aromatic rings. The number of aliphatic carboxylic acids is 1. The maximum absolute atomic E-state index is 11.6. The number of amides is 2. The Morgan fingerprint density at radius 3 is 2.50 bits per heavy atom. The van der Waals surface area contributed by atoms with Crippen molar-refractivity contribution in [3.63, 3.8) is 0 Å². The summed E-state index contributed by atoms with van der Waals surface area (Å²) in [5, 5.41) is 11.5. The van der Waals surface area contributed by atoms with Gasteiger partial charge in [-0.05, 0) is 25.7 Å². The topological polar surface area (TPSA) is 69.6 Å². The SMILES string of the molecule is CC(C(=O)O)N(C)C(=O)NCC1CCCC1. The van der Waals surface area contributed by atoms with Gasteiger partial charge in [0.15, 0.2) is 0 Å². The third-order valence-electron chi connectivity index (χ3n) is 3.28. The van der Waals surface area contributed by atoms with Gasteiger partial charge in [-0.3, -0.25) is 0 Å². The molecular weight excluding hydrogens is 208 g/mol. The number of urea groups is 1. The van der Waals surface area contributed by atoms with E-state index >= 15 is 0 Å². The fourth-order valence-corrected chi connectivity index (χ4v) is 1.91. The van der Waals surface area contributed by atoms with Crippen LogP contribution >= 0.6 is 0 Å². The zero-order valence-electron chi connectivity index (χ0n) is 9.90. The highest BCUT2D eigenvalue weighted by molar-refractivity contribution is 5.82. The molecule has 0 spiro atoms. The van der Waals surface area contributed by atoms with Crippen LogP contribution in [-0.4, -0.2) is 41.6 Å². The van der Waals surface area contributed by atoms with Crippen LogP contribution in [0.25, 0.3) is 0 Å². The van der Waals surface area contributed by atoms with E-state index in [2.05, 4.69) is 5.32 Å². The second-order valence-electron chi connectivity index (χ2n) is 4.46. The molecule has 0 aromatic carbocycles. The van der Waals surface area contributed by atoms with E-state index in [1.165, 1.54) is 44.6 Å². The van der Waals surface area contributed by atoms with Gasteiger partial charge >= 0.3 is 12.0 Å². The average Bonchev–Trinajstić information content (AvgIpc) is 2.76. The Labute approximate surface area is 95.8 Å². The summed E-state index contributed by atoms with van der Waals surface area (Å²) in [5.74, 6) is -0.420. The maximum Gasteiger partial charge on any atom is 0.326 e. The molecule has 1 saturated carbocycles. The van der Waals surface area contributed by atoms with E-state index in [-0.39, 0.29) is 6.03 Å². The number of nitrogens with one attached hydrogen (secondary N) is 1. The number of hydrogen-bond donors (Lipinski definition) is 2. The molecule has 1 aliphatic rings. The number of carbonyl (C=O) groups excluding carboxylic acids is 1. The highest BCUT2D eigenvalue weighted by Crippen LogP contribution is 2.23. The van der Waals surface area contributed by atoms with Crippen LogP contribution in [0.15, 0.2) is 0 Å². The molecule has 0 heterocycles. The van der Waals surface area contributed by atoms with Crippen molar-refractivity contribution in [3.05, 3.63) is 0 Å². The third kappa shape index (κ3) is 3.40. The van der Waals surface area contributed by atoms with E-state index in [9.17, 15) is 9.59 Å². The van der Waals surface area contributed by atoms with Gasteiger partial charge in [-0.1, -0.05) is 12.8 Å². The Morgan fingerprint density at radius 2 is 2.00 bits per heavy atom. The first-order valence-corrected chi connectivity index (χ1v) is 5.76. The van der Waals surface area contributed by atoms with Gasteiger partial charge in [0.1, 0.15) is 6.04 Å². The van der Waals surface area contributed by atoms with Crippen molar-refractivity contribution in [2.45, 2.75) is 38.6 Å². The van der Waals surface area contributed by atoms with Gasteiger partial charge in [0.2, 0.25) is 0 Å². The van der Waals surface area contributed by atoms with Gasteiger partial charge in [0.25, 0.3) is 0 Å². The van der Waals surface area contributed by atoms with Crippen LogP contribution < -0.4 is 5.32 Å². The fraction of sp³-hybridized carbons (Fsp3) is 0.818. The molecule has 0 bridgehead atoms. The van der Waals surface area contributed by atoms with Crippen molar-refractivity contribution in [2.24, 2.45) is 5.92 Å². The molecular formula is C11H20N2O3. The number of hydrogen-bond acceptors (Lipinski definition) is 2. The van der Waals surface area contributed by atoms with Crippen LogP contribution in [0.1, 0.15) is 32.6 Å². The van der Waals surface area contributed by atoms with E-state index in [4.69, 9.17) is 5.11 Å². The molecule has 5 nitrogen and oxygen atoms in total. The van der Waals surface area contributed by atoms with Gasteiger partial charge in [0.05, 0.1) is 0 Å². The zero-order valence-corrected chi connectivity index (χ0v) is 9.90. The van der Waals surface area contributed by atoms with Gasteiger partial charge < -0.3 is 15.3 Å². The monoisotopic (exact) mass is 228 g/mol. The Kier molecular flexibility index (Phi) is 4.58. The standard InChI is InChI=1S/C11H20N2O3/c1-8(10(14)15)13(2)11(16)12-7-9-5-3-4-6-9/h8-9H,3-7H2,1-2H3,(H,12,16)(H,14,15). The fourth-order valence-electron chi connectivity index (χ4n) is 1.91. The van der Waals surface area contributed by atoms with Gasteiger partial charge in [-0.25, -0.2) is 9.59 Å². The lowest BCUT2D eigenvalue weighted by molar-refractivity contribution is -0.141. The van der Waals surface area contributed by atoms with Crippen LogP contribution in [0.2, 0.25) is 0 Å². The van der Waals surface area contributed by atoms with Crippen LogP contribution in [0.3, 0.4) is 0 Å². The molecule has 2 N–H and O–H groups in total. The van der Waals surface area contributed by atoms with Crippen LogP contribution in [0, 0.1) is 5.92 Å². The lowest BCUT2D eigenvalue weighted by atomic mass is 10.1. The highest BCUT2D eigenvalue weighted by Gasteiger charge is 2.22. The molecule has 0 aliphatic heterocycles. The first kappa shape index (κ1) is 12.8. The highest BCUT2D eigenvalue weighted by atomic mass is 16.4. The second-order valence-corrected chi connectivity index (χ2v) is 4.46. The molecule has 5 heteroatoms. The summed E-state index contributed by atoms with van der Waals surface area (Å²) in [4.78, 5) is 23.5. The van der Waals surface area contributed by atoms with Crippen LogP contribution in [-0.2, 0) is 4.79 Å². The number of carbonyl (C=O) groups is 2. The van der Waals surface area contributed by atoms with Crippen molar-refractivity contribution < 1.29 is 14.7 Å².